The van der Waals surface area contributed by atoms with E-state index in [1.54, 1.807) is 7.11 Å². The van der Waals surface area contributed by atoms with Gasteiger partial charge in [-0.25, -0.2) is 0 Å². The summed E-state index contributed by atoms with van der Waals surface area (Å²) in [6.45, 7) is 7.33. The molecule has 1 aliphatic rings. The highest BCUT2D eigenvalue weighted by molar-refractivity contribution is 4.98. The number of hydrogen-bond acceptors (Lipinski definition) is 3. The number of rotatable bonds is 4. The van der Waals surface area contributed by atoms with Crippen molar-refractivity contribution in [1.82, 2.24) is 4.90 Å². The summed E-state index contributed by atoms with van der Waals surface area (Å²) >= 11 is 0. The molecule has 1 aliphatic heterocycles. The lowest BCUT2D eigenvalue weighted by Gasteiger charge is -2.35. The standard InChI is InChI=1S/C11H20N2O/c1-11(2)10(4-6-12)5-7-13(11)8-9-14-3/h10H,4-5,7-9H2,1-3H3. The van der Waals surface area contributed by atoms with Gasteiger partial charge in [0.15, 0.2) is 0 Å². The minimum Gasteiger partial charge on any atom is -0.383 e. The Morgan fingerprint density at radius 1 is 1.57 bits per heavy atom. The van der Waals surface area contributed by atoms with Crippen molar-refractivity contribution >= 4 is 0 Å². The minimum absolute atomic E-state index is 0.161. The summed E-state index contributed by atoms with van der Waals surface area (Å²) in [5.41, 5.74) is 0.161. The molecule has 80 valence electrons. The second-order valence-electron chi connectivity index (χ2n) is 4.48. The van der Waals surface area contributed by atoms with Crippen LogP contribution in [0.5, 0.6) is 0 Å². The fraction of sp³-hybridized carbons (Fsp3) is 0.909. The van der Waals surface area contributed by atoms with Crippen LogP contribution in [0.1, 0.15) is 26.7 Å². The summed E-state index contributed by atoms with van der Waals surface area (Å²) < 4.78 is 5.09. The lowest BCUT2D eigenvalue weighted by molar-refractivity contribution is 0.0924. The van der Waals surface area contributed by atoms with Gasteiger partial charge in [-0.3, -0.25) is 4.90 Å². The van der Waals surface area contributed by atoms with E-state index in [-0.39, 0.29) is 5.54 Å². The molecule has 0 spiro atoms. The maximum atomic E-state index is 8.73. The number of methoxy groups -OCH3 is 1. The molecule has 0 radical (unpaired) electrons. The van der Waals surface area contributed by atoms with Gasteiger partial charge in [-0.1, -0.05) is 0 Å². The van der Waals surface area contributed by atoms with Crippen LogP contribution in [0.4, 0.5) is 0 Å². The molecule has 0 N–H and O–H groups in total. The Kier molecular flexibility index (Phi) is 3.91. The van der Waals surface area contributed by atoms with Crippen molar-refractivity contribution < 1.29 is 4.74 Å². The second kappa shape index (κ2) is 4.77. The van der Waals surface area contributed by atoms with Crippen LogP contribution in [0.3, 0.4) is 0 Å². The molecule has 0 aromatic heterocycles. The van der Waals surface area contributed by atoms with Gasteiger partial charge in [0.25, 0.3) is 0 Å². The van der Waals surface area contributed by atoms with Crippen LogP contribution in [0, 0.1) is 17.2 Å². The van der Waals surface area contributed by atoms with Crippen LogP contribution in [0.2, 0.25) is 0 Å². The van der Waals surface area contributed by atoms with Gasteiger partial charge in [0.2, 0.25) is 0 Å². The van der Waals surface area contributed by atoms with Crippen molar-refractivity contribution in [3.8, 4) is 6.07 Å². The van der Waals surface area contributed by atoms with Gasteiger partial charge in [0.05, 0.1) is 12.7 Å². The number of nitrogens with zero attached hydrogens (tertiary/aromatic N) is 2. The van der Waals surface area contributed by atoms with Gasteiger partial charge in [-0.2, -0.15) is 5.26 Å². The number of likely N-dealkylation sites (tertiary alicyclic amines) is 1. The fourth-order valence-electron chi connectivity index (χ4n) is 2.27. The van der Waals surface area contributed by atoms with Crippen LogP contribution in [-0.4, -0.2) is 37.2 Å². The van der Waals surface area contributed by atoms with Gasteiger partial charge >= 0.3 is 0 Å². The first-order valence-electron chi connectivity index (χ1n) is 5.24. The Balaban J connectivity index is 2.52. The largest absolute Gasteiger partial charge is 0.383 e. The summed E-state index contributed by atoms with van der Waals surface area (Å²) in [6, 6.07) is 2.28. The topological polar surface area (TPSA) is 36.3 Å². The summed E-state index contributed by atoms with van der Waals surface area (Å²) in [5.74, 6) is 0.518. The Morgan fingerprint density at radius 2 is 2.29 bits per heavy atom. The summed E-state index contributed by atoms with van der Waals surface area (Å²) in [5, 5.41) is 8.73. The monoisotopic (exact) mass is 196 g/mol. The van der Waals surface area contributed by atoms with E-state index in [1.807, 2.05) is 0 Å². The van der Waals surface area contributed by atoms with E-state index in [0.29, 0.717) is 12.3 Å². The van der Waals surface area contributed by atoms with Crippen LogP contribution >= 0.6 is 0 Å². The molecule has 14 heavy (non-hydrogen) atoms. The lowest BCUT2D eigenvalue weighted by atomic mass is 9.86. The molecule has 3 heteroatoms. The number of hydrogen-bond donors (Lipinski definition) is 0. The van der Waals surface area contributed by atoms with E-state index in [0.717, 1.165) is 26.1 Å². The van der Waals surface area contributed by atoms with E-state index >= 15 is 0 Å². The highest BCUT2D eigenvalue weighted by Crippen LogP contribution is 2.35. The Morgan fingerprint density at radius 3 is 2.86 bits per heavy atom. The van der Waals surface area contributed by atoms with E-state index in [4.69, 9.17) is 10.00 Å². The van der Waals surface area contributed by atoms with Gasteiger partial charge in [0, 0.05) is 25.6 Å². The smallest absolute Gasteiger partial charge is 0.0625 e. The molecule has 0 bridgehead atoms. The van der Waals surface area contributed by atoms with Crippen molar-refractivity contribution in [2.75, 3.05) is 26.8 Å². The molecule has 1 heterocycles. The van der Waals surface area contributed by atoms with Gasteiger partial charge in [-0.05, 0) is 32.7 Å². The van der Waals surface area contributed by atoms with E-state index in [9.17, 15) is 0 Å². The normalized spacial score (nSPS) is 26.3. The number of nitriles is 1. The summed E-state index contributed by atoms with van der Waals surface area (Å²) in [6.07, 6.45) is 1.82. The van der Waals surface area contributed by atoms with Crippen molar-refractivity contribution in [1.29, 1.82) is 5.26 Å². The number of ether oxygens (including phenoxy) is 1. The maximum Gasteiger partial charge on any atom is 0.0625 e. The molecule has 0 aromatic carbocycles. The first kappa shape index (κ1) is 11.5. The first-order chi connectivity index (χ1) is 6.62. The molecule has 0 saturated carbocycles. The lowest BCUT2D eigenvalue weighted by Crippen LogP contribution is -2.43. The molecule has 3 nitrogen and oxygen atoms in total. The zero-order chi connectivity index (χ0) is 10.6. The Hall–Kier alpha value is -0.590. The predicted octanol–water partition coefficient (Wildman–Crippen LogP) is 1.65. The third kappa shape index (κ3) is 2.26. The molecule has 0 aliphatic carbocycles. The third-order valence-electron chi connectivity index (χ3n) is 3.46. The quantitative estimate of drug-likeness (QED) is 0.686. The first-order valence-corrected chi connectivity index (χ1v) is 5.24. The van der Waals surface area contributed by atoms with Crippen molar-refractivity contribution in [2.24, 2.45) is 5.92 Å². The maximum absolute atomic E-state index is 8.73. The average molecular weight is 196 g/mol. The minimum atomic E-state index is 0.161. The van der Waals surface area contributed by atoms with E-state index < -0.39 is 0 Å². The van der Waals surface area contributed by atoms with Gasteiger partial charge in [-0.15, -0.1) is 0 Å². The summed E-state index contributed by atoms with van der Waals surface area (Å²) in [4.78, 5) is 2.43. The zero-order valence-electron chi connectivity index (χ0n) is 9.42. The van der Waals surface area contributed by atoms with Crippen molar-refractivity contribution in [2.45, 2.75) is 32.2 Å². The Labute approximate surface area is 86.6 Å². The van der Waals surface area contributed by atoms with Crippen molar-refractivity contribution in [3.63, 3.8) is 0 Å². The fourth-order valence-corrected chi connectivity index (χ4v) is 2.27. The Bertz CT molecular complexity index is 220. The molecule has 1 fully saturated rings. The highest BCUT2D eigenvalue weighted by atomic mass is 16.5. The molecular weight excluding hydrogens is 176 g/mol. The summed E-state index contributed by atoms with van der Waals surface area (Å²) in [7, 11) is 1.73. The average Bonchev–Trinajstić information content (AvgIpc) is 2.41. The molecule has 1 atom stereocenters. The van der Waals surface area contributed by atoms with Crippen LogP contribution < -0.4 is 0 Å². The van der Waals surface area contributed by atoms with Gasteiger partial charge in [0.1, 0.15) is 0 Å². The molecule has 0 amide bonds. The van der Waals surface area contributed by atoms with Gasteiger partial charge < -0.3 is 4.74 Å². The second-order valence-corrected chi connectivity index (χ2v) is 4.48. The molecular formula is C11H20N2O. The van der Waals surface area contributed by atoms with Crippen LogP contribution in [-0.2, 0) is 4.74 Å². The zero-order valence-corrected chi connectivity index (χ0v) is 9.42. The highest BCUT2D eigenvalue weighted by Gasteiger charge is 2.40. The predicted molar refractivity (Wildman–Crippen MR) is 55.9 cm³/mol. The SMILES string of the molecule is COCCN1CCC(CC#N)C1(C)C. The third-order valence-corrected chi connectivity index (χ3v) is 3.46. The molecule has 1 saturated heterocycles. The molecule has 0 aromatic rings. The molecule has 1 rings (SSSR count). The van der Waals surface area contributed by atoms with E-state index in [2.05, 4.69) is 24.8 Å². The van der Waals surface area contributed by atoms with Crippen LogP contribution in [0.15, 0.2) is 0 Å². The van der Waals surface area contributed by atoms with E-state index in [1.165, 1.54) is 0 Å². The van der Waals surface area contributed by atoms with Crippen LogP contribution in [0.25, 0.3) is 0 Å². The van der Waals surface area contributed by atoms with Crippen molar-refractivity contribution in [3.05, 3.63) is 0 Å². The molecule has 1 unspecified atom stereocenters.